The van der Waals surface area contributed by atoms with Gasteiger partial charge >= 0.3 is 0 Å². The number of rotatable bonds is 4. The summed E-state index contributed by atoms with van der Waals surface area (Å²) < 4.78 is 1.80. The SMILES string of the molecule is Cc1cc(Cl)cc2sc(N(Cc3ccccn3)C(=O)c3cccc(Br)c3)nc12. The molecule has 0 aliphatic carbocycles. The van der Waals surface area contributed by atoms with E-state index in [4.69, 9.17) is 16.6 Å². The van der Waals surface area contributed by atoms with Crippen molar-refractivity contribution in [3.05, 3.63) is 87.1 Å². The molecule has 2 heterocycles. The molecule has 0 spiro atoms. The summed E-state index contributed by atoms with van der Waals surface area (Å²) in [5, 5.41) is 1.28. The van der Waals surface area contributed by atoms with Crippen molar-refractivity contribution in [2.75, 3.05) is 4.90 Å². The van der Waals surface area contributed by atoms with Crippen molar-refractivity contribution in [2.24, 2.45) is 0 Å². The van der Waals surface area contributed by atoms with E-state index in [1.807, 2.05) is 55.5 Å². The Morgan fingerprint density at radius 3 is 2.79 bits per heavy atom. The van der Waals surface area contributed by atoms with Gasteiger partial charge in [0.05, 0.1) is 22.5 Å². The highest BCUT2D eigenvalue weighted by Crippen LogP contribution is 2.34. The van der Waals surface area contributed by atoms with Gasteiger partial charge in [-0.05, 0) is 55.0 Å². The topological polar surface area (TPSA) is 46.1 Å². The molecule has 4 nitrogen and oxygen atoms in total. The highest BCUT2D eigenvalue weighted by Gasteiger charge is 2.23. The molecule has 28 heavy (non-hydrogen) atoms. The predicted molar refractivity (Wildman–Crippen MR) is 118 cm³/mol. The molecule has 2 aromatic heterocycles. The van der Waals surface area contributed by atoms with E-state index in [0.29, 0.717) is 22.3 Å². The maximum atomic E-state index is 13.3. The Morgan fingerprint density at radius 1 is 1.18 bits per heavy atom. The lowest BCUT2D eigenvalue weighted by molar-refractivity contribution is 0.0984. The van der Waals surface area contributed by atoms with Gasteiger partial charge in [-0.3, -0.25) is 14.7 Å². The van der Waals surface area contributed by atoms with Crippen LogP contribution < -0.4 is 4.90 Å². The number of hydrogen-bond acceptors (Lipinski definition) is 4. The predicted octanol–water partition coefficient (Wildman–Crippen LogP) is 6.26. The van der Waals surface area contributed by atoms with Crippen LogP contribution in [0.4, 0.5) is 5.13 Å². The molecule has 1 amide bonds. The molecule has 7 heteroatoms. The number of anilines is 1. The first-order chi connectivity index (χ1) is 13.5. The number of carbonyl (C=O) groups is 1. The first-order valence-electron chi connectivity index (χ1n) is 8.55. The third-order valence-electron chi connectivity index (χ3n) is 4.23. The van der Waals surface area contributed by atoms with E-state index in [1.165, 1.54) is 11.3 Å². The lowest BCUT2D eigenvalue weighted by atomic mass is 10.2. The van der Waals surface area contributed by atoms with Crippen LogP contribution in [0.1, 0.15) is 21.6 Å². The van der Waals surface area contributed by atoms with Gasteiger partial charge in [0.25, 0.3) is 5.91 Å². The van der Waals surface area contributed by atoms with Gasteiger partial charge in [0.2, 0.25) is 0 Å². The first-order valence-corrected chi connectivity index (χ1v) is 10.5. The highest BCUT2D eigenvalue weighted by atomic mass is 79.9. The van der Waals surface area contributed by atoms with Crippen molar-refractivity contribution in [3.63, 3.8) is 0 Å². The van der Waals surface area contributed by atoms with Gasteiger partial charge < -0.3 is 0 Å². The summed E-state index contributed by atoms with van der Waals surface area (Å²) in [7, 11) is 0. The molecule has 0 N–H and O–H groups in total. The van der Waals surface area contributed by atoms with E-state index in [0.717, 1.165) is 25.9 Å². The molecule has 0 radical (unpaired) electrons. The van der Waals surface area contributed by atoms with Crippen LogP contribution in [0.2, 0.25) is 5.02 Å². The minimum atomic E-state index is -0.130. The van der Waals surface area contributed by atoms with Crippen LogP contribution in [0.25, 0.3) is 10.2 Å². The molecule has 0 atom stereocenters. The van der Waals surface area contributed by atoms with E-state index in [1.54, 1.807) is 17.2 Å². The molecule has 0 aliphatic rings. The zero-order valence-corrected chi connectivity index (χ0v) is 18.1. The fraction of sp³-hybridized carbons (Fsp3) is 0.0952. The van der Waals surface area contributed by atoms with Crippen molar-refractivity contribution in [1.82, 2.24) is 9.97 Å². The Kier molecular flexibility index (Phi) is 5.44. The molecular formula is C21H15BrClN3OS. The Hall–Kier alpha value is -2.28. The number of fused-ring (bicyclic) bond motifs is 1. The van der Waals surface area contributed by atoms with Gasteiger partial charge in [0, 0.05) is 21.3 Å². The minimum absolute atomic E-state index is 0.130. The van der Waals surface area contributed by atoms with Crippen LogP contribution in [0.3, 0.4) is 0 Å². The largest absolute Gasteiger partial charge is 0.278 e. The zero-order chi connectivity index (χ0) is 19.7. The molecule has 0 unspecified atom stereocenters. The van der Waals surface area contributed by atoms with Gasteiger partial charge in [-0.25, -0.2) is 4.98 Å². The van der Waals surface area contributed by atoms with Crippen LogP contribution in [0, 0.1) is 6.92 Å². The molecule has 0 bridgehead atoms. The summed E-state index contributed by atoms with van der Waals surface area (Å²) in [6, 6.07) is 16.8. The van der Waals surface area contributed by atoms with E-state index < -0.39 is 0 Å². The highest BCUT2D eigenvalue weighted by molar-refractivity contribution is 9.10. The Bertz CT molecular complexity index is 1160. The standard InChI is InChI=1S/C21H15BrClN3OS/c1-13-9-16(23)11-18-19(13)25-21(28-18)26(12-17-7-2-3-8-24-17)20(27)14-5-4-6-15(22)10-14/h2-11H,12H2,1H3. The normalized spacial score (nSPS) is 11.0. The summed E-state index contributed by atoms with van der Waals surface area (Å²) in [4.78, 5) is 24.1. The zero-order valence-electron chi connectivity index (χ0n) is 14.9. The summed E-state index contributed by atoms with van der Waals surface area (Å²) in [5.74, 6) is -0.130. The quantitative estimate of drug-likeness (QED) is 0.352. The number of hydrogen-bond donors (Lipinski definition) is 0. The Balaban J connectivity index is 1.80. The number of nitrogens with zero attached hydrogens (tertiary/aromatic N) is 3. The molecule has 0 fully saturated rings. The number of amides is 1. The smallest absolute Gasteiger partial charge is 0.260 e. The number of pyridine rings is 1. The number of aromatic nitrogens is 2. The van der Waals surface area contributed by atoms with Crippen LogP contribution in [0.5, 0.6) is 0 Å². The van der Waals surface area contributed by atoms with Crippen LogP contribution in [-0.2, 0) is 6.54 Å². The number of carbonyl (C=O) groups excluding carboxylic acids is 1. The molecular weight excluding hydrogens is 458 g/mol. The molecule has 4 rings (SSSR count). The minimum Gasteiger partial charge on any atom is -0.278 e. The van der Waals surface area contributed by atoms with Crippen molar-refractivity contribution in [2.45, 2.75) is 13.5 Å². The molecule has 0 saturated carbocycles. The average Bonchev–Trinajstić information content (AvgIpc) is 3.10. The van der Waals surface area contributed by atoms with E-state index in [-0.39, 0.29) is 5.91 Å². The lowest BCUT2D eigenvalue weighted by Crippen LogP contribution is -2.30. The Labute approximate surface area is 179 Å². The molecule has 4 aromatic rings. The second kappa shape index (κ2) is 7.99. The number of benzene rings is 2. The van der Waals surface area contributed by atoms with Crippen LogP contribution in [0.15, 0.2) is 65.3 Å². The van der Waals surface area contributed by atoms with Gasteiger partial charge in [0.1, 0.15) is 0 Å². The van der Waals surface area contributed by atoms with E-state index in [9.17, 15) is 4.79 Å². The lowest BCUT2D eigenvalue weighted by Gasteiger charge is -2.19. The first kappa shape index (κ1) is 19.1. The maximum absolute atomic E-state index is 13.3. The van der Waals surface area contributed by atoms with Gasteiger partial charge in [-0.15, -0.1) is 0 Å². The number of halogens is 2. The number of thiazole rings is 1. The molecule has 0 aliphatic heterocycles. The maximum Gasteiger partial charge on any atom is 0.260 e. The third-order valence-corrected chi connectivity index (χ3v) is 5.97. The van der Waals surface area contributed by atoms with Gasteiger partial charge in [-0.2, -0.15) is 0 Å². The summed E-state index contributed by atoms with van der Waals surface area (Å²) in [5.41, 5.74) is 3.22. The fourth-order valence-corrected chi connectivity index (χ4v) is 4.73. The fourth-order valence-electron chi connectivity index (χ4n) is 2.92. The van der Waals surface area contributed by atoms with E-state index >= 15 is 0 Å². The van der Waals surface area contributed by atoms with Crippen molar-refractivity contribution >= 4 is 60.1 Å². The summed E-state index contributed by atoms with van der Waals surface area (Å²) in [6.45, 7) is 2.30. The summed E-state index contributed by atoms with van der Waals surface area (Å²) in [6.07, 6.45) is 1.72. The summed E-state index contributed by atoms with van der Waals surface area (Å²) >= 11 is 11.1. The van der Waals surface area contributed by atoms with Gasteiger partial charge in [0.15, 0.2) is 5.13 Å². The second-order valence-electron chi connectivity index (χ2n) is 6.29. The van der Waals surface area contributed by atoms with Crippen LogP contribution >= 0.6 is 38.9 Å². The monoisotopic (exact) mass is 471 g/mol. The molecule has 2 aromatic carbocycles. The molecule has 0 saturated heterocycles. The third kappa shape index (κ3) is 3.94. The number of aryl methyl sites for hydroxylation is 1. The van der Waals surface area contributed by atoms with Crippen molar-refractivity contribution in [3.8, 4) is 0 Å². The van der Waals surface area contributed by atoms with Crippen molar-refractivity contribution in [1.29, 1.82) is 0 Å². The van der Waals surface area contributed by atoms with Gasteiger partial charge in [-0.1, -0.05) is 51.0 Å². The Morgan fingerprint density at radius 2 is 2.04 bits per heavy atom. The van der Waals surface area contributed by atoms with Crippen molar-refractivity contribution < 1.29 is 4.79 Å². The molecule has 140 valence electrons. The average molecular weight is 473 g/mol. The second-order valence-corrected chi connectivity index (χ2v) is 8.65. The van der Waals surface area contributed by atoms with E-state index in [2.05, 4.69) is 20.9 Å². The van der Waals surface area contributed by atoms with Crippen LogP contribution in [-0.4, -0.2) is 15.9 Å².